The summed E-state index contributed by atoms with van der Waals surface area (Å²) in [4.78, 5) is 19.5. The van der Waals surface area contributed by atoms with Gasteiger partial charge in [0.25, 0.3) is 15.7 Å². The molecule has 1 aromatic carbocycles. The average molecular weight is 566 g/mol. The van der Waals surface area contributed by atoms with Crippen LogP contribution in [0.2, 0.25) is 5.28 Å². The van der Waals surface area contributed by atoms with Gasteiger partial charge in [-0.2, -0.15) is 13.4 Å². The van der Waals surface area contributed by atoms with Crippen LogP contribution < -0.4 is 10.1 Å². The molecule has 33 heavy (non-hydrogen) atoms. The van der Waals surface area contributed by atoms with Crippen molar-refractivity contribution in [2.24, 2.45) is 4.40 Å². The summed E-state index contributed by atoms with van der Waals surface area (Å²) in [7, 11) is -0.934. The molecule has 0 aliphatic rings. The van der Waals surface area contributed by atoms with Gasteiger partial charge < -0.3 is 20.1 Å². The predicted octanol–water partition coefficient (Wildman–Crippen LogP) is 2.71. The van der Waals surface area contributed by atoms with Gasteiger partial charge in [0.15, 0.2) is 0 Å². The van der Waals surface area contributed by atoms with Crippen LogP contribution in [0.4, 0.5) is 11.5 Å². The largest absolute Gasteiger partial charge is 0.492 e. The Labute approximate surface area is 204 Å². The number of nitro benzene ring substituents is 1. The van der Waals surface area contributed by atoms with E-state index in [0.717, 1.165) is 24.5 Å². The molecule has 0 bridgehead atoms. The second kappa shape index (κ2) is 12.1. The van der Waals surface area contributed by atoms with Crippen molar-refractivity contribution in [2.75, 3.05) is 32.6 Å². The molecule has 2 N–H and O–H groups in total. The molecule has 0 saturated heterocycles. The van der Waals surface area contributed by atoms with E-state index in [9.17, 15) is 23.6 Å². The average Bonchev–Trinajstić information content (AvgIpc) is 2.76. The fraction of sp³-hybridized carbons (Fsp3) is 0.389. The number of halogens is 2. The second-order valence-corrected chi connectivity index (χ2v) is 9.69. The number of aromatic nitrogens is 2. The molecule has 0 radical (unpaired) electrons. The van der Waals surface area contributed by atoms with Gasteiger partial charge in [0, 0.05) is 26.4 Å². The fourth-order valence-electron chi connectivity index (χ4n) is 2.51. The number of anilines is 1. The first kappa shape index (κ1) is 26.7. The summed E-state index contributed by atoms with van der Waals surface area (Å²) in [5.74, 6) is 0.222. The Morgan fingerprint density at radius 3 is 2.82 bits per heavy atom. The summed E-state index contributed by atoms with van der Waals surface area (Å²) in [5, 5.41) is 23.8. The maximum atomic E-state index is 12.5. The Kier molecular flexibility index (Phi) is 9.76. The highest BCUT2D eigenvalue weighted by Crippen LogP contribution is 2.30. The van der Waals surface area contributed by atoms with Crippen molar-refractivity contribution in [2.45, 2.75) is 23.8 Å². The number of ether oxygens (including phenoxy) is 1. The molecular weight excluding hydrogens is 544 g/mol. The monoisotopic (exact) mass is 564 g/mol. The number of sulfonamides is 1. The molecule has 1 heterocycles. The Hall–Kier alpha value is -2.55. The van der Waals surface area contributed by atoms with Crippen molar-refractivity contribution in [1.29, 1.82) is 0 Å². The molecule has 0 fully saturated rings. The van der Waals surface area contributed by atoms with Gasteiger partial charge in [0.1, 0.15) is 22.8 Å². The molecule has 2 rings (SSSR count). The first-order valence-electron chi connectivity index (χ1n) is 9.47. The van der Waals surface area contributed by atoms with Gasteiger partial charge in [-0.05, 0) is 46.4 Å². The quantitative estimate of drug-likeness (QED) is 0.0977. The van der Waals surface area contributed by atoms with Crippen molar-refractivity contribution in [3.63, 3.8) is 0 Å². The van der Waals surface area contributed by atoms with Crippen LogP contribution in [0.5, 0.6) is 5.75 Å². The number of aliphatic hydroxyl groups is 1. The minimum Gasteiger partial charge on any atom is -0.492 e. The van der Waals surface area contributed by atoms with Crippen LogP contribution in [0.25, 0.3) is 0 Å². The van der Waals surface area contributed by atoms with Crippen LogP contribution in [0.3, 0.4) is 0 Å². The molecule has 0 amide bonds. The van der Waals surface area contributed by atoms with Gasteiger partial charge in [0.2, 0.25) is 5.28 Å². The van der Waals surface area contributed by atoms with E-state index in [-0.39, 0.29) is 34.8 Å². The molecule has 180 valence electrons. The van der Waals surface area contributed by atoms with E-state index in [1.165, 1.54) is 11.1 Å². The Morgan fingerprint density at radius 1 is 1.45 bits per heavy atom. The molecule has 0 aliphatic carbocycles. The molecular formula is C18H22BrClN6O6S. The number of nitrogens with one attached hydrogen (secondary N) is 1. The maximum Gasteiger partial charge on any atom is 0.287 e. The fourth-order valence-corrected chi connectivity index (χ4v) is 3.99. The Balaban J connectivity index is 2.10. The zero-order valence-electron chi connectivity index (χ0n) is 17.7. The summed E-state index contributed by atoms with van der Waals surface area (Å²) >= 11 is 9.08. The van der Waals surface area contributed by atoms with E-state index in [2.05, 4.69) is 35.6 Å². The lowest BCUT2D eigenvalue weighted by Gasteiger charge is -2.18. The predicted molar refractivity (Wildman–Crippen MR) is 126 cm³/mol. The molecule has 0 aliphatic heterocycles. The van der Waals surface area contributed by atoms with Crippen LogP contribution in [-0.4, -0.2) is 73.0 Å². The number of aliphatic hydroxyl groups excluding tert-OH is 1. The van der Waals surface area contributed by atoms with E-state index in [1.807, 2.05) is 0 Å². The van der Waals surface area contributed by atoms with Crippen LogP contribution in [0.1, 0.15) is 12.8 Å². The molecule has 1 aromatic heterocycles. The number of benzene rings is 1. The zero-order chi connectivity index (χ0) is 24.6. The molecule has 0 saturated carbocycles. The van der Waals surface area contributed by atoms with E-state index in [1.54, 1.807) is 14.1 Å². The third-order valence-electron chi connectivity index (χ3n) is 4.06. The Bertz CT molecular complexity index is 1120. The lowest BCUT2D eigenvalue weighted by molar-refractivity contribution is -0.385. The summed E-state index contributed by atoms with van der Waals surface area (Å²) in [6.07, 6.45) is 3.38. The summed E-state index contributed by atoms with van der Waals surface area (Å²) in [5.41, 5.74) is -0.319. The first-order chi connectivity index (χ1) is 15.5. The van der Waals surface area contributed by atoms with Crippen molar-refractivity contribution in [1.82, 2.24) is 14.9 Å². The number of hydrogen-bond acceptors (Lipinski definition) is 9. The molecule has 1 unspecified atom stereocenters. The number of non-ortho nitro benzene ring substituents is 1. The van der Waals surface area contributed by atoms with Gasteiger partial charge in [-0.3, -0.25) is 10.1 Å². The third-order valence-corrected chi connectivity index (χ3v) is 6.09. The highest BCUT2D eigenvalue weighted by Gasteiger charge is 2.22. The normalized spacial score (nSPS) is 12.5. The van der Waals surface area contributed by atoms with E-state index >= 15 is 0 Å². The minimum absolute atomic E-state index is 0.0327. The first-order valence-corrected chi connectivity index (χ1v) is 12.1. The van der Waals surface area contributed by atoms with E-state index in [4.69, 9.17) is 16.3 Å². The lowest BCUT2D eigenvalue weighted by atomic mass is 10.1. The lowest BCUT2D eigenvalue weighted by Crippen LogP contribution is -2.25. The standard InChI is InChI=1S/C18H22BrClN6O6S/c1-25(2)11-22-33(30,31)16-6-5-13(26(28)29)8-15(16)32-7-3-4-12(10-27)23-17-14(19)9-21-18(20)24-17/h5-6,8-9,11-12,27H,3-4,7,10H2,1-2H3,(H,21,23,24)/b22-11+. The maximum absolute atomic E-state index is 12.5. The Morgan fingerprint density at radius 2 is 2.18 bits per heavy atom. The van der Waals surface area contributed by atoms with Gasteiger partial charge in [0.05, 0.1) is 34.7 Å². The van der Waals surface area contributed by atoms with Crippen molar-refractivity contribution in [3.8, 4) is 5.75 Å². The van der Waals surface area contributed by atoms with E-state index < -0.39 is 21.0 Å². The third kappa shape index (κ3) is 8.07. The number of nitro groups is 1. The molecule has 12 nitrogen and oxygen atoms in total. The summed E-state index contributed by atoms with van der Waals surface area (Å²) in [6.45, 7) is -0.186. The van der Waals surface area contributed by atoms with Crippen molar-refractivity contribution >= 4 is 55.4 Å². The zero-order valence-corrected chi connectivity index (χ0v) is 20.8. The summed E-state index contributed by atoms with van der Waals surface area (Å²) in [6, 6.07) is 2.79. The highest BCUT2D eigenvalue weighted by molar-refractivity contribution is 9.10. The number of hydrogen-bond donors (Lipinski definition) is 2. The molecule has 1 atom stereocenters. The topological polar surface area (TPSA) is 160 Å². The molecule has 0 spiro atoms. The van der Waals surface area contributed by atoms with Gasteiger partial charge in [-0.1, -0.05) is 0 Å². The highest BCUT2D eigenvalue weighted by atomic mass is 79.9. The second-order valence-electron chi connectivity index (χ2n) is 6.90. The smallest absolute Gasteiger partial charge is 0.287 e. The molecule has 15 heteroatoms. The van der Waals surface area contributed by atoms with Crippen LogP contribution in [-0.2, 0) is 10.0 Å². The van der Waals surface area contributed by atoms with Gasteiger partial charge in [-0.25, -0.2) is 4.98 Å². The van der Waals surface area contributed by atoms with E-state index in [0.29, 0.717) is 23.1 Å². The van der Waals surface area contributed by atoms with Gasteiger partial charge >= 0.3 is 0 Å². The minimum atomic E-state index is -4.14. The van der Waals surface area contributed by atoms with Crippen molar-refractivity contribution in [3.05, 3.63) is 44.3 Å². The van der Waals surface area contributed by atoms with Crippen LogP contribution >= 0.6 is 27.5 Å². The SMILES string of the molecule is CN(C)/C=N/S(=O)(=O)c1ccc([N+](=O)[O-])cc1OCCCC(CO)Nc1nc(Cl)ncc1Br. The van der Waals surface area contributed by atoms with Crippen molar-refractivity contribution < 1.29 is 23.2 Å². The van der Waals surface area contributed by atoms with Crippen LogP contribution in [0.15, 0.2) is 38.2 Å². The summed E-state index contributed by atoms with van der Waals surface area (Å²) < 4.78 is 34.8. The molecule has 2 aromatic rings. The van der Waals surface area contributed by atoms with Crippen LogP contribution in [0, 0.1) is 10.1 Å². The number of rotatable bonds is 12. The van der Waals surface area contributed by atoms with Gasteiger partial charge in [-0.15, -0.1) is 4.40 Å². The number of nitrogens with zero attached hydrogens (tertiary/aromatic N) is 5.